The van der Waals surface area contributed by atoms with E-state index >= 15 is 0 Å². The summed E-state index contributed by atoms with van der Waals surface area (Å²) in [6.45, 7) is 3.24. The number of nitrogens with zero attached hydrogens (tertiary/aromatic N) is 1. The zero-order chi connectivity index (χ0) is 20.4. The van der Waals surface area contributed by atoms with Crippen LogP contribution in [0.1, 0.15) is 61.9 Å². The molecule has 4 rings (SSSR count). The monoisotopic (exact) mass is 396 g/mol. The van der Waals surface area contributed by atoms with E-state index < -0.39 is 17.3 Å². The molecule has 0 aliphatic carbocycles. The normalized spacial score (nSPS) is 16.2. The van der Waals surface area contributed by atoms with Crippen molar-refractivity contribution in [1.82, 2.24) is 19.9 Å². The molecule has 1 aliphatic rings. The van der Waals surface area contributed by atoms with Crippen LogP contribution < -0.4 is 16.6 Å². The number of hydrogen-bond acceptors (Lipinski definition) is 4. The highest BCUT2D eigenvalue weighted by atomic mass is 16.3. The fourth-order valence-electron chi connectivity index (χ4n) is 4.34. The van der Waals surface area contributed by atoms with Crippen LogP contribution in [0, 0.1) is 0 Å². The Hall–Kier alpha value is -2.80. The summed E-state index contributed by atoms with van der Waals surface area (Å²) in [5.41, 5.74) is 2.14. The maximum absolute atomic E-state index is 12.7. The maximum atomic E-state index is 12.7. The van der Waals surface area contributed by atoms with Gasteiger partial charge in [0.1, 0.15) is 5.56 Å². The summed E-state index contributed by atoms with van der Waals surface area (Å²) in [5.74, 6) is -0.238. The lowest BCUT2D eigenvalue weighted by molar-refractivity contribution is 0.376. The van der Waals surface area contributed by atoms with Crippen molar-refractivity contribution in [3.63, 3.8) is 0 Å². The number of rotatable bonds is 7. The molecule has 29 heavy (non-hydrogen) atoms. The number of nitrogens with one attached hydrogen (secondary N) is 3. The molecule has 0 radical (unpaired) electrons. The first kappa shape index (κ1) is 19.5. The van der Waals surface area contributed by atoms with Crippen molar-refractivity contribution in [2.24, 2.45) is 0 Å². The number of H-pyrrole nitrogens is 2. The Bertz CT molecular complexity index is 1130. The van der Waals surface area contributed by atoms with E-state index in [1.807, 2.05) is 18.2 Å². The quantitative estimate of drug-likeness (QED) is 0.461. The van der Waals surface area contributed by atoms with Gasteiger partial charge in [-0.2, -0.15) is 0 Å². The van der Waals surface area contributed by atoms with Gasteiger partial charge in [0.15, 0.2) is 0 Å². The van der Waals surface area contributed by atoms with Crippen LogP contribution in [0.2, 0.25) is 0 Å². The number of aromatic hydroxyl groups is 1. The molecular formula is C22H28N4O3. The molecule has 0 saturated heterocycles. The molecule has 3 heterocycles. The van der Waals surface area contributed by atoms with Gasteiger partial charge in [-0.15, -0.1) is 0 Å². The molecule has 0 saturated carbocycles. The zero-order valence-electron chi connectivity index (χ0n) is 16.8. The second-order valence-electron chi connectivity index (χ2n) is 7.76. The second kappa shape index (κ2) is 8.29. The predicted octanol–water partition coefficient (Wildman–Crippen LogP) is 2.93. The number of benzene rings is 1. The van der Waals surface area contributed by atoms with Crippen molar-refractivity contribution in [1.29, 1.82) is 0 Å². The Morgan fingerprint density at radius 3 is 2.72 bits per heavy atom. The topological polar surface area (TPSA) is 103 Å². The first-order valence-corrected chi connectivity index (χ1v) is 10.5. The Labute approximate surface area is 168 Å². The van der Waals surface area contributed by atoms with Crippen molar-refractivity contribution < 1.29 is 5.11 Å². The minimum absolute atomic E-state index is 0.200. The van der Waals surface area contributed by atoms with Crippen LogP contribution in [-0.2, 0) is 13.0 Å². The summed E-state index contributed by atoms with van der Waals surface area (Å²) in [7, 11) is 0. The van der Waals surface area contributed by atoms with Gasteiger partial charge in [-0.1, -0.05) is 50.8 Å². The van der Waals surface area contributed by atoms with Gasteiger partial charge in [0.05, 0.1) is 6.04 Å². The van der Waals surface area contributed by atoms with E-state index in [4.69, 9.17) is 0 Å². The van der Waals surface area contributed by atoms with Crippen molar-refractivity contribution in [2.45, 2.75) is 58.0 Å². The fourth-order valence-corrected chi connectivity index (χ4v) is 4.34. The summed E-state index contributed by atoms with van der Waals surface area (Å²) >= 11 is 0. The lowest BCUT2D eigenvalue weighted by atomic mass is 9.95. The number of para-hydroxylation sites is 1. The highest BCUT2D eigenvalue weighted by molar-refractivity contribution is 5.85. The lowest BCUT2D eigenvalue weighted by Gasteiger charge is -2.25. The lowest BCUT2D eigenvalue weighted by Crippen LogP contribution is -2.39. The zero-order valence-corrected chi connectivity index (χ0v) is 16.8. The van der Waals surface area contributed by atoms with Gasteiger partial charge in [0.25, 0.3) is 5.56 Å². The molecule has 0 bridgehead atoms. The molecule has 2 aromatic heterocycles. The Kier molecular flexibility index (Phi) is 5.58. The number of aromatic nitrogens is 3. The summed E-state index contributed by atoms with van der Waals surface area (Å²) in [5, 5.41) is 15.4. The summed E-state index contributed by atoms with van der Waals surface area (Å²) in [4.78, 5) is 30.8. The van der Waals surface area contributed by atoms with Gasteiger partial charge in [0, 0.05) is 29.7 Å². The third-order valence-electron chi connectivity index (χ3n) is 5.84. The molecule has 1 aliphatic heterocycles. The number of fused-ring (bicyclic) bond motifs is 3. The van der Waals surface area contributed by atoms with Crippen molar-refractivity contribution in [2.75, 3.05) is 6.54 Å². The third kappa shape index (κ3) is 3.62. The predicted molar refractivity (Wildman–Crippen MR) is 114 cm³/mol. The molecule has 4 N–H and O–H groups in total. The molecule has 3 aromatic rings. The molecule has 0 fully saturated rings. The minimum atomic E-state index is -0.556. The average Bonchev–Trinajstić information content (AvgIpc) is 3.09. The second-order valence-corrected chi connectivity index (χ2v) is 7.76. The van der Waals surface area contributed by atoms with Gasteiger partial charge >= 0.3 is 5.69 Å². The van der Waals surface area contributed by atoms with E-state index in [2.05, 4.69) is 28.3 Å². The minimum Gasteiger partial charge on any atom is -0.494 e. The molecule has 154 valence electrons. The fraction of sp³-hybridized carbons (Fsp3) is 0.455. The first-order chi connectivity index (χ1) is 14.1. The first-order valence-electron chi connectivity index (χ1n) is 10.5. The van der Waals surface area contributed by atoms with Gasteiger partial charge in [0.2, 0.25) is 5.88 Å². The van der Waals surface area contributed by atoms with E-state index in [0.717, 1.165) is 60.7 Å². The van der Waals surface area contributed by atoms with Gasteiger partial charge < -0.3 is 15.4 Å². The molecule has 0 unspecified atom stereocenters. The number of hydrogen-bond donors (Lipinski definition) is 4. The highest BCUT2D eigenvalue weighted by Gasteiger charge is 2.30. The molecule has 0 amide bonds. The van der Waals surface area contributed by atoms with E-state index in [1.165, 1.54) is 4.57 Å². The van der Waals surface area contributed by atoms with Gasteiger partial charge in [-0.3, -0.25) is 14.3 Å². The van der Waals surface area contributed by atoms with E-state index in [9.17, 15) is 14.7 Å². The molecule has 0 spiro atoms. The van der Waals surface area contributed by atoms with Crippen LogP contribution in [0.4, 0.5) is 0 Å². The van der Waals surface area contributed by atoms with Crippen LogP contribution in [0.3, 0.4) is 0 Å². The molecule has 1 atom stereocenters. The Morgan fingerprint density at radius 2 is 1.90 bits per heavy atom. The van der Waals surface area contributed by atoms with Gasteiger partial charge in [-0.25, -0.2) is 4.79 Å². The highest BCUT2D eigenvalue weighted by Crippen LogP contribution is 2.34. The van der Waals surface area contributed by atoms with Crippen LogP contribution in [0.25, 0.3) is 10.9 Å². The smallest absolute Gasteiger partial charge is 0.331 e. The number of aromatic amines is 2. The van der Waals surface area contributed by atoms with E-state index in [-0.39, 0.29) is 11.4 Å². The summed E-state index contributed by atoms with van der Waals surface area (Å²) in [6, 6.07) is 7.55. The van der Waals surface area contributed by atoms with Crippen LogP contribution in [0.15, 0.2) is 33.9 Å². The Balaban J connectivity index is 1.72. The summed E-state index contributed by atoms with van der Waals surface area (Å²) < 4.78 is 1.29. The standard InChI is InChI=1S/C22H28N4O3/c1-2-3-4-5-8-13-26-21(28)17(20(27)25-22(26)29)19-18-15(11-12-23-19)14-9-6-7-10-16(14)24-18/h6-7,9-10,19,23-24,28H,2-5,8,11-13H2,1H3,(H,25,27,29)/t19-/m0/s1. The van der Waals surface area contributed by atoms with Gasteiger partial charge in [-0.05, 0) is 24.5 Å². The molecule has 7 nitrogen and oxygen atoms in total. The van der Waals surface area contributed by atoms with Crippen molar-refractivity contribution >= 4 is 10.9 Å². The SMILES string of the molecule is CCCCCCCn1c(O)c([C@@H]2NCCc3c2[nH]c2ccccc32)c(=O)[nH]c1=O. The van der Waals surface area contributed by atoms with Crippen molar-refractivity contribution in [3.8, 4) is 5.88 Å². The van der Waals surface area contributed by atoms with Crippen LogP contribution >= 0.6 is 0 Å². The van der Waals surface area contributed by atoms with Crippen LogP contribution in [0.5, 0.6) is 5.88 Å². The molecular weight excluding hydrogens is 368 g/mol. The maximum Gasteiger partial charge on any atom is 0.331 e. The Morgan fingerprint density at radius 1 is 1.10 bits per heavy atom. The van der Waals surface area contributed by atoms with Crippen molar-refractivity contribution in [3.05, 3.63) is 61.9 Å². The number of unbranched alkanes of at least 4 members (excludes halogenated alkanes) is 4. The average molecular weight is 396 g/mol. The van der Waals surface area contributed by atoms with E-state index in [1.54, 1.807) is 0 Å². The summed E-state index contributed by atoms with van der Waals surface area (Å²) in [6.07, 6.45) is 6.02. The molecule has 1 aromatic carbocycles. The van der Waals surface area contributed by atoms with E-state index in [0.29, 0.717) is 13.1 Å². The largest absolute Gasteiger partial charge is 0.494 e. The molecule has 7 heteroatoms. The third-order valence-corrected chi connectivity index (χ3v) is 5.84. The van der Waals surface area contributed by atoms with Crippen LogP contribution in [-0.4, -0.2) is 26.2 Å².